The Morgan fingerprint density at radius 2 is 1.82 bits per heavy atom. The SMILES string of the molecule is C=CCNC(=O)Nc1nc2ccc(C(=O)Nc3c(C)cc(C)cc3C)cc2s1. The first-order valence-electron chi connectivity index (χ1n) is 8.83. The van der Waals surface area contributed by atoms with Crippen molar-refractivity contribution in [2.45, 2.75) is 20.8 Å². The van der Waals surface area contributed by atoms with E-state index in [0.29, 0.717) is 17.2 Å². The molecule has 6 nitrogen and oxygen atoms in total. The summed E-state index contributed by atoms with van der Waals surface area (Å²) in [6.45, 7) is 9.93. The van der Waals surface area contributed by atoms with Gasteiger partial charge in [0.05, 0.1) is 10.2 Å². The van der Waals surface area contributed by atoms with E-state index in [2.05, 4.69) is 27.5 Å². The van der Waals surface area contributed by atoms with Crippen molar-refractivity contribution in [2.24, 2.45) is 0 Å². The Balaban J connectivity index is 1.79. The highest BCUT2D eigenvalue weighted by Gasteiger charge is 2.13. The number of nitrogens with zero attached hydrogens (tertiary/aromatic N) is 1. The lowest BCUT2D eigenvalue weighted by molar-refractivity contribution is 0.102. The van der Waals surface area contributed by atoms with Crippen LogP contribution in [0.15, 0.2) is 43.0 Å². The minimum Gasteiger partial charge on any atom is -0.334 e. The zero-order valence-electron chi connectivity index (χ0n) is 16.1. The molecule has 0 aliphatic rings. The second-order valence-corrected chi connectivity index (χ2v) is 7.58. The lowest BCUT2D eigenvalue weighted by Gasteiger charge is -2.12. The average molecular weight is 395 g/mol. The Labute approximate surface area is 167 Å². The normalized spacial score (nSPS) is 10.5. The van der Waals surface area contributed by atoms with Crippen LogP contribution in [0.2, 0.25) is 0 Å². The summed E-state index contributed by atoms with van der Waals surface area (Å²) >= 11 is 1.32. The first-order valence-corrected chi connectivity index (χ1v) is 9.64. The van der Waals surface area contributed by atoms with Crippen LogP contribution in [0.25, 0.3) is 10.2 Å². The van der Waals surface area contributed by atoms with Gasteiger partial charge in [0.2, 0.25) is 0 Å². The molecular formula is C21H22N4O2S. The number of amides is 3. The van der Waals surface area contributed by atoms with Crippen molar-refractivity contribution < 1.29 is 9.59 Å². The fourth-order valence-corrected chi connectivity index (χ4v) is 3.89. The van der Waals surface area contributed by atoms with Crippen LogP contribution in [-0.2, 0) is 0 Å². The van der Waals surface area contributed by atoms with E-state index in [9.17, 15) is 9.59 Å². The molecule has 3 amide bonds. The quantitative estimate of drug-likeness (QED) is 0.545. The molecule has 0 saturated heterocycles. The molecule has 28 heavy (non-hydrogen) atoms. The summed E-state index contributed by atoms with van der Waals surface area (Å²) in [5.74, 6) is -0.177. The Bertz CT molecular complexity index is 1050. The average Bonchev–Trinajstić information content (AvgIpc) is 3.03. The number of rotatable bonds is 5. The molecule has 3 aromatic rings. The molecule has 7 heteroatoms. The molecule has 0 bridgehead atoms. The highest BCUT2D eigenvalue weighted by atomic mass is 32.1. The van der Waals surface area contributed by atoms with Crippen LogP contribution >= 0.6 is 11.3 Å². The van der Waals surface area contributed by atoms with E-state index >= 15 is 0 Å². The summed E-state index contributed by atoms with van der Waals surface area (Å²) < 4.78 is 0.823. The maximum atomic E-state index is 12.7. The number of anilines is 2. The number of thiazole rings is 1. The third kappa shape index (κ3) is 4.37. The molecule has 0 fully saturated rings. The molecule has 0 aliphatic carbocycles. The molecule has 1 heterocycles. The molecule has 0 aliphatic heterocycles. The second-order valence-electron chi connectivity index (χ2n) is 6.55. The molecule has 1 aromatic heterocycles. The van der Waals surface area contributed by atoms with Crippen LogP contribution < -0.4 is 16.0 Å². The summed E-state index contributed by atoms with van der Waals surface area (Å²) in [6, 6.07) is 9.05. The third-order valence-corrected chi connectivity index (χ3v) is 5.13. The van der Waals surface area contributed by atoms with Gasteiger partial charge >= 0.3 is 6.03 Å². The van der Waals surface area contributed by atoms with Crippen molar-refractivity contribution in [1.82, 2.24) is 10.3 Å². The number of nitrogens with one attached hydrogen (secondary N) is 3. The molecular weight excluding hydrogens is 372 g/mol. The number of urea groups is 1. The van der Waals surface area contributed by atoms with Crippen molar-refractivity contribution in [3.05, 3.63) is 65.2 Å². The number of carbonyl (C=O) groups excluding carboxylic acids is 2. The van der Waals surface area contributed by atoms with Gasteiger partial charge in [-0.25, -0.2) is 9.78 Å². The van der Waals surface area contributed by atoms with Gasteiger partial charge in [0.25, 0.3) is 5.91 Å². The van der Waals surface area contributed by atoms with Crippen LogP contribution in [0.4, 0.5) is 15.6 Å². The first kappa shape index (κ1) is 19.6. The van der Waals surface area contributed by atoms with Crippen LogP contribution in [0, 0.1) is 20.8 Å². The molecule has 0 atom stereocenters. The van der Waals surface area contributed by atoms with Crippen LogP contribution in [0.5, 0.6) is 0 Å². The number of fused-ring (bicyclic) bond motifs is 1. The number of hydrogen-bond donors (Lipinski definition) is 3. The number of benzene rings is 2. The lowest BCUT2D eigenvalue weighted by Crippen LogP contribution is -2.28. The van der Waals surface area contributed by atoms with Gasteiger partial charge in [-0.05, 0) is 50.1 Å². The smallest absolute Gasteiger partial charge is 0.321 e. The Hall–Kier alpha value is -3.19. The second kappa shape index (κ2) is 8.22. The molecule has 0 unspecified atom stereocenters. The molecule has 0 spiro atoms. The maximum absolute atomic E-state index is 12.7. The first-order chi connectivity index (χ1) is 13.4. The van der Waals surface area contributed by atoms with Crippen LogP contribution in [0.3, 0.4) is 0 Å². The fourth-order valence-electron chi connectivity index (χ4n) is 2.99. The third-order valence-electron chi connectivity index (χ3n) is 4.19. The van der Waals surface area contributed by atoms with Crippen molar-refractivity contribution in [2.75, 3.05) is 17.2 Å². The molecule has 144 valence electrons. The highest BCUT2D eigenvalue weighted by molar-refractivity contribution is 7.22. The number of hydrogen-bond acceptors (Lipinski definition) is 4. The minimum atomic E-state index is -0.345. The van der Waals surface area contributed by atoms with Gasteiger partial charge in [0.1, 0.15) is 0 Å². The largest absolute Gasteiger partial charge is 0.334 e. The topological polar surface area (TPSA) is 83.1 Å². The van der Waals surface area contributed by atoms with Gasteiger partial charge in [0.15, 0.2) is 5.13 Å². The van der Waals surface area contributed by atoms with Crippen LogP contribution in [0.1, 0.15) is 27.0 Å². The van der Waals surface area contributed by atoms with Crippen LogP contribution in [-0.4, -0.2) is 23.5 Å². The maximum Gasteiger partial charge on any atom is 0.321 e. The zero-order chi connectivity index (χ0) is 20.3. The molecule has 0 radical (unpaired) electrons. The van der Waals surface area contributed by atoms with Gasteiger partial charge in [-0.1, -0.05) is 35.1 Å². The zero-order valence-corrected chi connectivity index (χ0v) is 16.9. The molecule has 3 N–H and O–H groups in total. The lowest BCUT2D eigenvalue weighted by atomic mass is 10.0. The van der Waals surface area contributed by atoms with Crippen molar-refractivity contribution >= 4 is 44.3 Å². The van der Waals surface area contributed by atoms with E-state index in [0.717, 1.165) is 32.6 Å². The number of carbonyl (C=O) groups is 2. The van der Waals surface area contributed by atoms with Gasteiger partial charge in [-0.3, -0.25) is 10.1 Å². The van der Waals surface area contributed by atoms with Crippen molar-refractivity contribution in [3.63, 3.8) is 0 Å². The molecule has 3 rings (SSSR count). The number of aromatic nitrogens is 1. The summed E-state index contributed by atoms with van der Waals surface area (Å²) in [7, 11) is 0. The number of aryl methyl sites for hydroxylation is 3. The van der Waals surface area contributed by atoms with Gasteiger partial charge in [0, 0.05) is 17.8 Å². The fraction of sp³-hybridized carbons (Fsp3) is 0.190. The summed E-state index contributed by atoms with van der Waals surface area (Å²) in [5.41, 5.74) is 5.32. The van der Waals surface area contributed by atoms with E-state index in [1.165, 1.54) is 11.3 Å². The Kier molecular flexibility index (Phi) is 5.75. The van der Waals surface area contributed by atoms with Gasteiger partial charge in [-0.15, -0.1) is 6.58 Å². The predicted molar refractivity (Wildman–Crippen MR) is 115 cm³/mol. The summed E-state index contributed by atoms with van der Waals surface area (Å²) in [4.78, 5) is 28.9. The van der Waals surface area contributed by atoms with Gasteiger partial charge < -0.3 is 10.6 Å². The van der Waals surface area contributed by atoms with E-state index < -0.39 is 0 Å². The van der Waals surface area contributed by atoms with E-state index in [-0.39, 0.29) is 11.9 Å². The standard InChI is InChI=1S/C21H22N4O2S/c1-5-8-22-20(27)25-21-23-16-7-6-15(11-17(16)28-21)19(26)24-18-13(3)9-12(2)10-14(18)4/h5-7,9-11H,1,8H2,2-4H3,(H,24,26)(H2,22,23,25,27). The minimum absolute atomic E-state index is 0.177. The van der Waals surface area contributed by atoms with E-state index in [4.69, 9.17) is 0 Å². The van der Waals surface area contributed by atoms with E-state index in [1.54, 1.807) is 24.3 Å². The van der Waals surface area contributed by atoms with Crippen molar-refractivity contribution in [1.29, 1.82) is 0 Å². The molecule has 2 aromatic carbocycles. The Morgan fingerprint density at radius 1 is 1.11 bits per heavy atom. The summed E-state index contributed by atoms with van der Waals surface area (Å²) in [6.07, 6.45) is 1.60. The summed E-state index contributed by atoms with van der Waals surface area (Å²) in [5, 5.41) is 8.79. The van der Waals surface area contributed by atoms with Gasteiger partial charge in [-0.2, -0.15) is 0 Å². The van der Waals surface area contributed by atoms with E-state index in [1.807, 2.05) is 32.9 Å². The highest BCUT2D eigenvalue weighted by Crippen LogP contribution is 2.28. The Morgan fingerprint density at radius 3 is 2.50 bits per heavy atom. The van der Waals surface area contributed by atoms with Crippen molar-refractivity contribution in [3.8, 4) is 0 Å². The monoisotopic (exact) mass is 394 g/mol. The predicted octanol–water partition coefficient (Wildman–Crippen LogP) is 4.78. The molecule has 0 saturated carbocycles.